The van der Waals surface area contributed by atoms with Gasteiger partial charge in [-0.1, -0.05) is 55.5 Å². The van der Waals surface area contributed by atoms with Crippen LogP contribution in [0.1, 0.15) is 15.2 Å². The fourth-order valence-electron chi connectivity index (χ4n) is 2.23. The first-order chi connectivity index (χ1) is 10.5. The van der Waals surface area contributed by atoms with Crippen molar-refractivity contribution in [3.8, 4) is 22.4 Å². The Hall–Kier alpha value is -2.41. The molecule has 3 aromatic rings. The first-order valence-corrected chi connectivity index (χ1v) is 6.66. The van der Waals surface area contributed by atoms with E-state index in [1.165, 1.54) is 0 Å². The number of aryl methyl sites for hydroxylation is 1. The maximum atomic E-state index is 7.85. The average Bonchev–Trinajstić information content (AvgIpc) is 2.55. The lowest BCUT2D eigenvalue weighted by molar-refractivity contribution is 1.12. The number of nitrogens with zero attached hydrogens (tertiary/aromatic N) is 1. The Morgan fingerprint density at radius 3 is 2.40 bits per heavy atom. The van der Waals surface area contributed by atoms with Crippen molar-refractivity contribution < 1.29 is 2.74 Å². The Balaban J connectivity index is 2.03. The third-order valence-electron chi connectivity index (χ3n) is 3.31. The lowest BCUT2D eigenvalue weighted by Gasteiger charge is -2.06. The zero-order valence-corrected chi connectivity index (χ0v) is 11.4. The van der Waals surface area contributed by atoms with E-state index >= 15 is 0 Å². The highest BCUT2D eigenvalue weighted by Crippen LogP contribution is 2.25. The monoisotopic (exact) mass is 261 g/mol. The van der Waals surface area contributed by atoms with Crippen molar-refractivity contribution >= 4 is 0 Å². The molecule has 20 heavy (non-hydrogen) atoms. The SMILES string of the molecule is [2H]C([2H])(C)c1ccnc(-c2cccc(-c3ccccc3)c2)c1. The smallest absolute Gasteiger partial charge is 0.0704 e. The van der Waals surface area contributed by atoms with Crippen LogP contribution in [0.15, 0.2) is 72.9 Å². The number of pyridine rings is 1. The molecule has 0 spiro atoms. The second kappa shape index (κ2) is 5.70. The second-order valence-electron chi connectivity index (χ2n) is 4.63. The Bertz CT molecular complexity index is 777. The normalized spacial score (nSPS) is 12.7. The summed E-state index contributed by atoms with van der Waals surface area (Å²) in [7, 11) is 0. The summed E-state index contributed by atoms with van der Waals surface area (Å²) in [5.74, 6) is 0. The standard InChI is InChI=1S/C19H17N/c1-2-15-11-12-20-19(13-15)18-10-6-9-17(14-18)16-7-4-3-5-8-16/h3-14H,2H2,1H3/i2D2. The van der Waals surface area contributed by atoms with Gasteiger partial charge >= 0.3 is 0 Å². The minimum Gasteiger partial charge on any atom is -0.256 e. The molecule has 1 heterocycles. The minimum absolute atomic E-state index is 0.641. The topological polar surface area (TPSA) is 12.9 Å². The van der Waals surface area contributed by atoms with E-state index in [1.807, 2.05) is 36.4 Å². The summed E-state index contributed by atoms with van der Waals surface area (Å²) < 4.78 is 15.7. The average molecular weight is 261 g/mol. The molecule has 0 aliphatic heterocycles. The summed E-state index contributed by atoms with van der Waals surface area (Å²) >= 11 is 0. The first kappa shape index (κ1) is 10.4. The van der Waals surface area contributed by atoms with E-state index < -0.39 is 6.37 Å². The van der Waals surface area contributed by atoms with E-state index in [0.717, 1.165) is 22.4 Å². The van der Waals surface area contributed by atoms with Gasteiger partial charge in [-0.3, -0.25) is 4.98 Å². The molecule has 0 aliphatic carbocycles. The molecule has 0 aliphatic rings. The van der Waals surface area contributed by atoms with Gasteiger partial charge in [0.2, 0.25) is 0 Å². The predicted molar refractivity (Wildman–Crippen MR) is 84.5 cm³/mol. The molecule has 1 heteroatoms. The van der Waals surface area contributed by atoms with Gasteiger partial charge in [-0.05, 0) is 41.3 Å². The van der Waals surface area contributed by atoms with Crippen LogP contribution >= 0.6 is 0 Å². The Morgan fingerprint density at radius 2 is 1.60 bits per heavy atom. The summed E-state index contributed by atoms with van der Waals surface area (Å²) in [6.45, 7) is 1.56. The zero-order valence-electron chi connectivity index (χ0n) is 13.4. The van der Waals surface area contributed by atoms with Crippen molar-refractivity contribution in [2.75, 3.05) is 0 Å². The Labute approximate surface area is 122 Å². The number of hydrogen-bond donors (Lipinski definition) is 0. The molecular formula is C19H17N. The van der Waals surface area contributed by atoms with E-state index in [4.69, 9.17) is 2.74 Å². The van der Waals surface area contributed by atoms with Crippen LogP contribution in [0.2, 0.25) is 0 Å². The van der Waals surface area contributed by atoms with Crippen LogP contribution < -0.4 is 0 Å². The molecule has 98 valence electrons. The fourth-order valence-corrected chi connectivity index (χ4v) is 2.23. The van der Waals surface area contributed by atoms with Crippen LogP contribution in [0.4, 0.5) is 0 Å². The molecule has 0 saturated carbocycles. The number of hydrogen-bond acceptors (Lipinski definition) is 1. The van der Waals surface area contributed by atoms with E-state index in [0.29, 0.717) is 5.56 Å². The quantitative estimate of drug-likeness (QED) is 0.648. The molecule has 0 saturated heterocycles. The molecule has 0 radical (unpaired) electrons. The third-order valence-corrected chi connectivity index (χ3v) is 3.31. The molecule has 2 aromatic carbocycles. The summed E-state index contributed by atoms with van der Waals surface area (Å²) in [5.41, 5.74) is 4.72. The van der Waals surface area contributed by atoms with Gasteiger partial charge in [-0.2, -0.15) is 0 Å². The van der Waals surface area contributed by atoms with Crippen molar-refractivity contribution in [3.63, 3.8) is 0 Å². The lowest BCUT2D eigenvalue weighted by atomic mass is 10.0. The van der Waals surface area contributed by atoms with Crippen molar-refractivity contribution in [2.45, 2.75) is 13.3 Å². The summed E-state index contributed by atoms with van der Waals surface area (Å²) in [4.78, 5) is 4.39. The van der Waals surface area contributed by atoms with Gasteiger partial charge in [0.15, 0.2) is 0 Å². The molecule has 0 atom stereocenters. The fraction of sp³-hybridized carbons (Fsp3) is 0.105. The van der Waals surface area contributed by atoms with Crippen LogP contribution in [0, 0.1) is 0 Å². The minimum atomic E-state index is -1.37. The van der Waals surface area contributed by atoms with Crippen LogP contribution in [-0.4, -0.2) is 4.98 Å². The highest BCUT2D eigenvalue weighted by molar-refractivity contribution is 5.71. The summed E-state index contributed by atoms with van der Waals surface area (Å²) in [6, 6.07) is 21.9. The third kappa shape index (κ3) is 2.62. The number of rotatable bonds is 3. The van der Waals surface area contributed by atoms with Gasteiger partial charge in [-0.25, -0.2) is 0 Å². The van der Waals surface area contributed by atoms with E-state index in [9.17, 15) is 0 Å². The largest absolute Gasteiger partial charge is 0.256 e. The molecular weight excluding hydrogens is 242 g/mol. The van der Waals surface area contributed by atoms with Gasteiger partial charge < -0.3 is 0 Å². The van der Waals surface area contributed by atoms with Gasteiger partial charge in [0, 0.05) is 14.5 Å². The van der Waals surface area contributed by atoms with Crippen molar-refractivity contribution in [1.29, 1.82) is 0 Å². The summed E-state index contributed by atoms with van der Waals surface area (Å²) in [5, 5.41) is 0. The predicted octanol–water partition coefficient (Wildman–Crippen LogP) is 4.98. The van der Waals surface area contributed by atoms with Crippen LogP contribution in [0.5, 0.6) is 0 Å². The second-order valence-corrected chi connectivity index (χ2v) is 4.63. The molecule has 1 aromatic heterocycles. The highest BCUT2D eigenvalue weighted by Gasteiger charge is 2.03. The lowest BCUT2D eigenvalue weighted by Crippen LogP contribution is -1.87. The van der Waals surface area contributed by atoms with Gasteiger partial charge in [0.05, 0.1) is 5.69 Å². The molecule has 0 N–H and O–H groups in total. The molecule has 0 bridgehead atoms. The molecule has 3 rings (SSSR count). The number of aromatic nitrogens is 1. The van der Waals surface area contributed by atoms with Crippen LogP contribution in [-0.2, 0) is 6.37 Å². The van der Waals surface area contributed by atoms with Crippen LogP contribution in [0.3, 0.4) is 0 Å². The molecule has 0 unspecified atom stereocenters. The summed E-state index contributed by atoms with van der Waals surface area (Å²) in [6.07, 6.45) is 0.302. The van der Waals surface area contributed by atoms with E-state index in [-0.39, 0.29) is 0 Å². The molecule has 0 fully saturated rings. The van der Waals surface area contributed by atoms with Crippen molar-refractivity contribution in [2.24, 2.45) is 0 Å². The Kier molecular flexibility index (Phi) is 2.96. The van der Waals surface area contributed by atoms with E-state index in [2.05, 4.69) is 29.2 Å². The first-order valence-electron chi connectivity index (χ1n) is 7.66. The Morgan fingerprint density at radius 1 is 0.850 bits per heavy atom. The number of benzene rings is 2. The highest BCUT2D eigenvalue weighted by atomic mass is 14.7. The van der Waals surface area contributed by atoms with Crippen molar-refractivity contribution in [3.05, 3.63) is 78.5 Å². The van der Waals surface area contributed by atoms with Crippen LogP contribution in [0.25, 0.3) is 22.4 Å². The van der Waals surface area contributed by atoms with E-state index in [1.54, 1.807) is 19.2 Å². The maximum absolute atomic E-state index is 7.85. The van der Waals surface area contributed by atoms with Gasteiger partial charge in [0.1, 0.15) is 0 Å². The van der Waals surface area contributed by atoms with Gasteiger partial charge in [-0.15, -0.1) is 0 Å². The zero-order chi connectivity index (χ0) is 15.6. The van der Waals surface area contributed by atoms with Gasteiger partial charge in [0.25, 0.3) is 0 Å². The molecule has 1 nitrogen and oxygen atoms in total. The molecule has 0 amide bonds. The van der Waals surface area contributed by atoms with Crippen molar-refractivity contribution in [1.82, 2.24) is 4.98 Å². The maximum Gasteiger partial charge on any atom is 0.0704 e.